The number of nitrogens with one attached hydrogen (secondary N) is 3. The molecule has 0 aliphatic rings. The summed E-state index contributed by atoms with van der Waals surface area (Å²) in [5.41, 5.74) is 6.69. The van der Waals surface area contributed by atoms with Crippen molar-refractivity contribution in [2.75, 3.05) is 0 Å². The molecule has 10 heteroatoms. The first-order valence-electron chi connectivity index (χ1n) is 17.3. The van der Waals surface area contributed by atoms with Crippen LogP contribution in [-0.2, 0) is 32.0 Å². The Morgan fingerprint density at radius 3 is 1.85 bits per heavy atom. The van der Waals surface area contributed by atoms with E-state index in [9.17, 15) is 24.3 Å². The maximum Gasteiger partial charge on any atom is 0.407 e. The van der Waals surface area contributed by atoms with Gasteiger partial charge in [0.15, 0.2) is 0 Å². The minimum Gasteiger partial charge on any atom is -0.444 e. The summed E-state index contributed by atoms with van der Waals surface area (Å²) in [6.07, 6.45) is 3.57. The van der Waals surface area contributed by atoms with Gasteiger partial charge in [-0.3, -0.25) is 14.4 Å². The molecule has 10 nitrogen and oxygen atoms in total. The van der Waals surface area contributed by atoms with Gasteiger partial charge in [-0.05, 0) is 63.5 Å². The molecule has 0 aromatic heterocycles. The molecular weight excluding hydrogens is 608 g/mol. The lowest BCUT2D eigenvalue weighted by Crippen LogP contribution is -2.55. The van der Waals surface area contributed by atoms with Crippen LogP contribution in [-0.4, -0.2) is 58.8 Å². The number of primary amides is 1. The van der Waals surface area contributed by atoms with E-state index in [2.05, 4.69) is 22.9 Å². The zero-order valence-corrected chi connectivity index (χ0v) is 29.7. The van der Waals surface area contributed by atoms with Crippen LogP contribution < -0.4 is 21.7 Å². The highest BCUT2D eigenvalue weighted by atomic mass is 16.6. The van der Waals surface area contributed by atoms with Gasteiger partial charge in [0.25, 0.3) is 0 Å². The van der Waals surface area contributed by atoms with Gasteiger partial charge in [-0.25, -0.2) is 4.79 Å². The average molecular weight is 667 g/mol. The zero-order valence-electron chi connectivity index (χ0n) is 29.7. The van der Waals surface area contributed by atoms with E-state index in [0.29, 0.717) is 19.3 Å². The molecule has 2 rings (SSSR count). The summed E-state index contributed by atoms with van der Waals surface area (Å²) in [7, 11) is 0. The van der Waals surface area contributed by atoms with E-state index in [1.165, 1.54) is 0 Å². The lowest BCUT2D eigenvalue weighted by atomic mass is 9.88. The van der Waals surface area contributed by atoms with Crippen LogP contribution in [0.4, 0.5) is 4.79 Å². The number of hydrogen-bond acceptors (Lipinski definition) is 6. The number of nitrogens with two attached hydrogens (primary N) is 1. The third-order valence-electron chi connectivity index (χ3n) is 8.04. The second kappa shape index (κ2) is 20.4. The molecule has 0 spiro atoms. The minimum atomic E-state index is -1.05. The Bertz CT molecular complexity index is 1260. The molecule has 0 aliphatic carbocycles. The van der Waals surface area contributed by atoms with Gasteiger partial charge in [-0.1, -0.05) is 107 Å². The maximum absolute atomic E-state index is 14.0. The molecule has 0 unspecified atom stereocenters. The normalized spacial score (nSPS) is 14.7. The standard InChI is InChI=1S/C38H58N4O6/c1-7-8-9-16-21-30(42-37(47)48-38(4,5)6)33(43)25-29(23-27-17-12-10-13-18-27)35(45)41-32(22-26(2)3)36(46)40-31(34(39)44)24-28-19-14-11-15-20-28/h10-15,17-20,26,29-33,43H,7-9,16,21-25H2,1-6H3,(H2,39,44)(H,40,46)(H,41,45)(H,42,47)/t29-,30+,31+,32+,33-/m1/s1. The van der Waals surface area contributed by atoms with E-state index in [0.717, 1.165) is 36.8 Å². The molecule has 0 fully saturated rings. The van der Waals surface area contributed by atoms with E-state index in [1.54, 1.807) is 20.8 Å². The molecule has 0 aliphatic heterocycles. The number of aliphatic hydroxyl groups is 1. The Morgan fingerprint density at radius 1 is 0.771 bits per heavy atom. The van der Waals surface area contributed by atoms with E-state index in [-0.39, 0.29) is 18.8 Å². The molecule has 0 heterocycles. The number of alkyl carbamates (subject to hydrolysis) is 1. The van der Waals surface area contributed by atoms with E-state index >= 15 is 0 Å². The third kappa shape index (κ3) is 15.8. The summed E-state index contributed by atoms with van der Waals surface area (Å²) in [5.74, 6) is -2.25. The van der Waals surface area contributed by atoms with Crippen molar-refractivity contribution in [1.29, 1.82) is 0 Å². The Labute approximate surface area is 287 Å². The van der Waals surface area contributed by atoms with Crippen molar-refractivity contribution >= 4 is 23.8 Å². The molecule has 5 atom stereocenters. The number of aliphatic hydroxyl groups excluding tert-OH is 1. The number of benzene rings is 2. The monoisotopic (exact) mass is 666 g/mol. The van der Waals surface area contributed by atoms with Crippen molar-refractivity contribution in [3.63, 3.8) is 0 Å². The number of carbonyl (C=O) groups excluding carboxylic acids is 4. The molecule has 0 bridgehead atoms. The van der Waals surface area contributed by atoms with Gasteiger partial charge in [0, 0.05) is 12.3 Å². The van der Waals surface area contributed by atoms with E-state index < -0.39 is 59.6 Å². The van der Waals surface area contributed by atoms with Gasteiger partial charge >= 0.3 is 6.09 Å². The first-order valence-corrected chi connectivity index (χ1v) is 17.3. The Morgan fingerprint density at radius 2 is 1.33 bits per heavy atom. The predicted molar refractivity (Wildman–Crippen MR) is 189 cm³/mol. The number of rotatable bonds is 20. The van der Waals surface area contributed by atoms with Crippen LogP contribution >= 0.6 is 0 Å². The van der Waals surface area contributed by atoms with Crippen molar-refractivity contribution in [2.45, 2.75) is 129 Å². The fraction of sp³-hybridized carbons (Fsp3) is 0.579. The SMILES string of the molecule is CCCCCC[C@H](NC(=O)OC(C)(C)C)[C@H](O)C[C@@H](Cc1ccccc1)C(=O)N[C@@H](CC(C)C)C(=O)N[C@@H](Cc1ccccc1)C(N)=O. The van der Waals surface area contributed by atoms with Crippen molar-refractivity contribution in [3.8, 4) is 0 Å². The van der Waals surface area contributed by atoms with Crippen LogP contribution in [0.1, 0.15) is 97.6 Å². The lowest BCUT2D eigenvalue weighted by molar-refractivity contribution is -0.133. The lowest BCUT2D eigenvalue weighted by Gasteiger charge is -2.30. The molecule has 2 aromatic carbocycles. The van der Waals surface area contributed by atoms with Crippen molar-refractivity contribution < 1.29 is 29.0 Å². The third-order valence-corrected chi connectivity index (χ3v) is 8.04. The van der Waals surface area contributed by atoms with Gasteiger partial charge in [-0.15, -0.1) is 0 Å². The Kier molecular flexibility index (Phi) is 17.1. The molecular formula is C38H58N4O6. The number of ether oxygens (including phenoxy) is 1. The Hall–Kier alpha value is -3.92. The van der Waals surface area contributed by atoms with Crippen molar-refractivity contribution in [3.05, 3.63) is 71.8 Å². The summed E-state index contributed by atoms with van der Waals surface area (Å²) in [6, 6.07) is 16.2. The van der Waals surface area contributed by atoms with Crippen molar-refractivity contribution in [2.24, 2.45) is 17.6 Å². The van der Waals surface area contributed by atoms with E-state index in [1.807, 2.05) is 74.5 Å². The highest BCUT2D eigenvalue weighted by Crippen LogP contribution is 2.21. The fourth-order valence-electron chi connectivity index (χ4n) is 5.59. The molecule has 48 heavy (non-hydrogen) atoms. The number of amides is 4. The van der Waals surface area contributed by atoms with Crippen LogP contribution in [0.3, 0.4) is 0 Å². The largest absolute Gasteiger partial charge is 0.444 e. The summed E-state index contributed by atoms with van der Waals surface area (Å²) in [6.45, 7) is 11.3. The van der Waals surface area contributed by atoms with E-state index in [4.69, 9.17) is 10.5 Å². The molecule has 266 valence electrons. The highest BCUT2D eigenvalue weighted by molar-refractivity contribution is 5.92. The van der Waals surface area contributed by atoms with Crippen LogP contribution in [0, 0.1) is 11.8 Å². The Balaban J connectivity index is 2.29. The predicted octanol–water partition coefficient (Wildman–Crippen LogP) is 5.20. The average Bonchev–Trinajstić information content (AvgIpc) is 3.01. The second-order valence-corrected chi connectivity index (χ2v) is 14.1. The van der Waals surface area contributed by atoms with Crippen LogP contribution in [0.25, 0.3) is 0 Å². The molecule has 2 aromatic rings. The maximum atomic E-state index is 14.0. The van der Waals surface area contributed by atoms with Crippen molar-refractivity contribution in [1.82, 2.24) is 16.0 Å². The van der Waals surface area contributed by atoms with Gasteiger partial charge in [0.05, 0.1) is 12.1 Å². The smallest absolute Gasteiger partial charge is 0.407 e. The first kappa shape index (κ1) is 40.3. The van der Waals surface area contributed by atoms with Crippen LogP contribution in [0.15, 0.2) is 60.7 Å². The molecule has 0 saturated heterocycles. The first-order chi connectivity index (χ1) is 22.7. The summed E-state index contributed by atoms with van der Waals surface area (Å²) in [4.78, 5) is 52.7. The van der Waals surface area contributed by atoms with Crippen LogP contribution in [0.5, 0.6) is 0 Å². The highest BCUT2D eigenvalue weighted by Gasteiger charge is 2.33. The van der Waals surface area contributed by atoms with Gasteiger partial charge in [0.1, 0.15) is 17.7 Å². The fourth-order valence-corrected chi connectivity index (χ4v) is 5.59. The summed E-state index contributed by atoms with van der Waals surface area (Å²) < 4.78 is 5.48. The molecule has 0 radical (unpaired) electrons. The molecule has 6 N–H and O–H groups in total. The number of hydrogen-bond donors (Lipinski definition) is 5. The zero-order chi connectivity index (χ0) is 35.7. The van der Waals surface area contributed by atoms with Gasteiger partial charge in [0.2, 0.25) is 17.7 Å². The summed E-state index contributed by atoms with van der Waals surface area (Å²) in [5, 5.41) is 20.1. The minimum absolute atomic E-state index is 0.0445. The topological polar surface area (TPSA) is 160 Å². The van der Waals surface area contributed by atoms with Crippen LogP contribution in [0.2, 0.25) is 0 Å². The molecule has 4 amide bonds. The number of carbonyl (C=O) groups is 4. The molecule has 0 saturated carbocycles. The summed E-state index contributed by atoms with van der Waals surface area (Å²) >= 11 is 0. The van der Waals surface area contributed by atoms with Gasteiger partial charge in [-0.2, -0.15) is 0 Å². The van der Waals surface area contributed by atoms with Gasteiger partial charge < -0.3 is 31.5 Å². The quantitative estimate of drug-likeness (QED) is 0.122. The number of unbranched alkanes of at least 4 members (excludes halogenated alkanes) is 3. The second-order valence-electron chi connectivity index (χ2n) is 14.1.